The number of hydrogen-bond acceptors (Lipinski definition) is 2. The van der Waals surface area contributed by atoms with Crippen LogP contribution in [0.3, 0.4) is 0 Å². The van der Waals surface area contributed by atoms with Gasteiger partial charge in [0.2, 0.25) is 11.8 Å². The van der Waals surface area contributed by atoms with E-state index in [-0.39, 0.29) is 23.7 Å². The summed E-state index contributed by atoms with van der Waals surface area (Å²) in [6, 6.07) is 0. The number of fused-ring (bicyclic) bond motifs is 1. The third-order valence-electron chi connectivity index (χ3n) is 3.23. The zero-order chi connectivity index (χ0) is 11.0. The lowest BCUT2D eigenvalue weighted by molar-refractivity contribution is -0.139. The molecule has 3 nitrogen and oxygen atoms in total. The van der Waals surface area contributed by atoms with Gasteiger partial charge in [-0.2, -0.15) is 0 Å². The molecule has 2 atom stereocenters. The quantitative estimate of drug-likeness (QED) is 0.506. The molecule has 1 aliphatic heterocycles. The molecule has 1 aliphatic carbocycles. The summed E-state index contributed by atoms with van der Waals surface area (Å²) in [5.41, 5.74) is 1.22. The van der Waals surface area contributed by atoms with Crippen molar-refractivity contribution < 1.29 is 9.59 Å². The number of likely N-dealkylation sites (tertiary alicyclic amines) is 1. The molecule has 0 aromatic rings. The predicted molar refractivity (Wildman–Crippen MR) is 56.9 cm³/mol. The Kier molecular flexibility index (Phi) is 2.47. The minimum absolute atomic E-state index is 0.0163. The highest BCUT2D eigenvalue weighted by Crippen LogP contribution is 2.37. The highest BCUT2D eigenvalue weighted by Gasteiger charge is 2.47. The molecule has 1 fully saturated rings. The Bertz CT molecular complexity index is 357. The largest absolute Gasteiger partial charge is 0.278 e. The molecule has 0 bridgehead atoms. The maximum atomic E-state index is 11.9. The maximum Gasteiger partial charge on any atom is 0.233 e. The number of allylic oxidation sites excluding steroid dienone is 2. The topological polar surface area (TPSA) is 37.4 Å². The zero-order valence-electron chi connectivity index (χ0n) is 8.90. The van der Waals surface area contributed by atoms with Gasteiger partial charge in [0, 0.05) is 6.54 Å². The van der Waals surface area contributed by atoms with Crippen LogP contribution in [-0.4, -0.2) is 23.3 Å². The molecule has 3 heteroatoms. The van der Waals surface area contributed by atoms with Gasteiger partial charge in [-0.25, -0.2) is 0 Å². The number of carbonyl (C=O) groups is 2. The number of carbonyl (C=O) groups excluding carboxylic acids is 2. The van der Waals surface area contributed by atoms with Crippen LogP contribution in [0.4, 0.5) is 0 Å². The van der Waals surface area contributed by atoms with E-state index in [1.165, 1.54) is 10.5 Å². The van der Waals surface area contributed by atoms with E-state index in [2.05, 4.69) is 12.7 Å². The molecule has 0 saturated carbocycles. The highest BCUT2D eigenvalue weighted by atomic mass is 16.2. The molecular weight excluding hydrogens is 190 g/mol. The van der Waals surface area contributed by atoms with Crippen LogP contribution < -0.4 is 0 Å². The van der Waals surface area contributed by atoms with Crippen LogP contribution in [0, 0.1) is 11.8 Å². The lowest BCUT2D eigenvalue weighted by atomic mass is 9.82. The number of nitrogens with zero attached hydrogens (tertiary/aromatic N) is 1. The molecule has 0 radical (unpaired) electrons. The fourth-order valence-electron chi connectivity index (χ4n) is 2.42. The van der Waals surface area contributed by atoms with Gasteiger partial charge in [-0.3, -0.25) is 14.5 Å². The minimum atomic E-state index is -0.110. The summed E-state index contributed by atoms with van der Waals surface area (Å²) in [6.45, 7) is 5.94. The molecule has 15 heavy (non-hydrogen) atoms. The molecule has 2 unspecified atom stereocenters. The molecule has 0 aromatic carbocycles. The Hall–Kier alpha value is -1.38. The van der Waals surface area contributed by atoms with E-state index >= 15 is 0 Å². The molecule has 2 rings (SSSR count). The average Bonchev–Trinajstić information content (AvgIpc) is 2.44. The van der Waals surface area contributed by atoms with Crippen LogP contribution in [0.25, 0.3) is 0 Å². The van der Waals surface area contributed by atoms with Crippen molar-refractivity contribution in [2.24, 2.45) is 11.8 Å². The van der Waals surface area contributed by atoms with Crippen molar-refractivity contribution in [1.29, 1.82) is 0 Å². The fourth-order valence-corrected chi connectivity index (χ4v) is 2.42. The Morgan fingerprint density at radius 2 is 2.13 bits per heavy atom. The molecule has 0 aromatic heterocycles. The van der Waals surface area contributed by atoms with Gasteiger partial charge in [0.15, 0.2) is 0 Å². The van der Waals surface area contributed by atoms with E-state index < -0.39 is 0 Å². The van der Waals surface area contributed by atoms with Gasteiger partial charge in [0.1, 0.15) is 0 Å². The van der Waals surface area contributed by atoms with Crippen molar-refractivity contribution in [1.82, 2.24) is 4.90 Å². The Morgan fingerprint density at radius 1 is 1.47 bits per heavy atom. The van der Waals surface area contributed by atoms with Crippen molar-refractivity contribution in [2.75, 3.05) is 6.54 Å². The molecular formula is C12H15NO2. The summed E-state index contributed by atoms with van der Waals surface area (Å²) < 4.78 is 0. The van der Waals surface area contributed by atoms with E-state index in [1.807, 2.05) is 6.92 Å². The maximum absolute atomic E-state index is 11.9. The van der Waals surface area contributed by atoms with Crippen LogP contribution >= 0.6 is 0 Å². The van der Waals surface area contributed by atoms with Crippen LogP contribution in [-0.2, 0) is 9.59 Å². The minimum Gasteiger partial charge on any atom is -0.278 e. The molecule has 0 spiro atoms. The van der Waals surface area contributed by atoms with Gasteiger partial charge in [-0.05, 0) is 19.8 Å². The first kappa shape index (κ1) is 10.1. The number of rotatable bonds is 2. The first-order valence-corrected chi connectivity index (χ1v) is 5.27. The van der Waals surface area contributed by atoms with E-state index in [4.69, 9.17) is 0 Å². The van der Waals surface area contributed by atoms with Gasteiger partial charge in [-0.15, -0.1) is 6.58 Å². The fraction of sp³-hybridized carbons (Fsp3) is 0.500. The second kappa shape index (κ2) is 3.65. The van der Waals surface area contributed by atoms with Crippen molar-refractivity contribution in [3.05, 3.63) is 24.3 Å². The molecule has 1 saturated heterocycles. The second-order valence-electron chi connectivity index (χ2n) is 4.28. The molecule has 80 valence electrons. The van der Waals surface area contributed by atoms with Crippen molar-refractivity contribution in [3.8, 4) is 0 Å². The average molecular weight is 205 g/mol. The van der Waals surface area contributed by atoms with Crippen LogP contribution in [0.2, 0.25) is 0 Å². The SMILES string of the molecule is C=CCN1C(=O)C2CC=C(C)CC2C1=O. The first-order valence-electron chi connectivity index (χ1n) is 5.27. The lowest BCUT2D eigenvalue weighted by Gasteiger charge is -2.19. The third-order valence-corrected chi connectivity index (χ3v) is 3.23. The van der Waals surface area contributed by atoms with Crippen LogP contribution in [0.15, 0.2) is 24.3 Å². The van der Waals surface area contributed by atoms with Crippen molar-refractivity contribution >= 4 is 11.8 Å². The number of imide groups is 1. The van der Waals surface area contributed by atoms with Gasteiger partial charge in [-0.1, -0.05) is 17.7 Å². The Morgan fingerprint density at radius 3 is 2.80 bits per heavy atom. The lowest BCUT2D eigenvalue weighted by Crippen LogP contribution is -2.31. The van der Waals surface area contributed by atoms with Crippen LogP contribution in [0.1, 0.15) is 19.8 Å². The monoisotopic (exact) mass is 205 g/mol. The van der Waals surface area contributed by atoms with E-state index in [0.29, 0.717) is 13.0 Å². The predicted octanol–water partition coefficient (Wildman–Crippen LogP) is 1.51. The van der Waals surface area contributed by atoms with Crippen molar-refractivity contribution in [3.63, 3.8) is 0 Å². The molecule has 2 aliphatic rings. The normalized spacial score (nSPS) is 30.2. The van der Waals surface area contributed by atoms with Gasteiger partial charge >= 0.3 is 0 Å². The smallest absolute Gasteiger partial charge is 0.233 e. The Labute approximate surface area is 89.4 Å². The molecule has 2 amide bonds. The standard InChI is InChI=1S/C12H15NO2/c1-3-6-13-11(14)9-5-4-8(2)7-10(9)12(13)15/h3-4,9-10H,1,5-7H2,2H3. The van der Waals surface area contributed by atoms with E-state index in [9.17, 15) is 9.59 Å². The van der Waals surface area contributed by atoms with Gasteiger partial charge in [0.25, 0.3) is 0 Å². The van der Waals surface area contributed by atoms with E-state index in [0.717, 1.165) is 6.42 Å². The molecule has 0 N–H and O–H groups in total. The number of amides is 2. The van der Waals surface area contributed by atoms with E-state index in [1.54, 1.807) is 6.08 Å². The first-order chi connectivity index (χ1) is 7.15. The summed E-state index contributed by atoms with van der Waals surface area (Å²) >= 11 is 0. The summed E-state index contributed by atoms with van der Waals surface area (Å²) in [4.78, 5) is 25.1. The van der Waals surface area contributed by atoms with Crippen LogP contribution in [0.5, 0.6) is 0 Å². The van der Waals surface area contributed by atoms with Gasteiger partial charge in [0.05, 0.1) is 11.8 Å². The summed E-state index contributed by atoms with van der Waals surface area (Å²) in [7, 11) is 0. The third kappa shape index (κ3) is 1.52. The Balaban J connectivity index is 2.24. The summed E-state index contributed by atoms with van der Waals surface area (Å²) in [5, 5.41) is 0. The van der Waals surface area contributed by atoms with Gasteiger partial charge < -0.3 is 0 Å². The number of hydrogen-bond donors (Lipinski definition) is 0. The summed E-state index contributed by atoms with van der Waals surface area (Å²) in [6.07, 6.45) is 5.13. The zero-order valence-corrected chi connectivity index (χ0v) is 8.90. The second-order valence-corrected chi connectivity index (χ2v) is 4.28. The van der Waals surface area contributed by atoms with Crippen molar-refractivity contribution in [2.45, 2.75) is 19.8 Å². The highest BCUT2D eigenvalue weighted by molar-refractivity contribution is 6.05. The molecule has 1 heterocycles. The summed E-state index contributed by atoms with van der Waals surface area (Å²) in [5.74, 6) is -0.255.